The summed E-state index contributed by atoms with van der Waals surface area (Å²) in [5, 5.41) is 8.99. The van der Waals surface area contributed by atoms with Gasteiger partial charge in [0.1, 0.15) is 6.23 Å². The molecule has 17 heavy (non-hydrogen) atoms. The predicted molar refractivity (Wildman–Crippen MR) is 60.7 cm³/mol. The van der Waals surface area contributed by atoms with Crippen molar-refractivity contribution in [2.45, 2.75) is 32.1 Å². The molecule has 0 aromatic carbocycles. The van der Waals surface area contributed by atoms with E-state index in [0.29, 0.717) is 6.42 Å². The fourth-order valence-corrected chi connectivity index (χ4v) is 2.29. The molecule has 2 heterocycles. The molecule has 1 saturated heterocycles. The molecule has 0 radical (unpaired) electrons. The molecule has 2 N–H and O–H groups in total. The Balaban J connectivity index is 2.31. The number of aliphatic hydroxyl groups excluding tert-OH is 1. The fraction of sp³-hybridized carbons (Fsp3) is 0.636. The Hall–Kier alpha value is -1.40. The predicted octanol–water partition coefficient (Wildman–Crippen LogP) is -0.157. The summed E-state index contributed by atoms with van der Waals surface area (Å²) in [4.78, 5) is 24.8. The van der Waals surface area contributed by atoms with Crippen molar-refractivity contribution >= 4 is 0 Å². The lowest BCUT2D eigenvalue weighted by atomic mass is 10.0. The van der Waals surface area contributed by atoms with Gasteiger partial charge in [0, 0.05) is 24.8 Å². The van der Waals surface area contributed by atoms with Crippen molar-refractivity contribution in [1.29, 1.82) is 0 Å². The van der Waals surface area contributed by atoms with E-state index >= 15 is 0 Å². The summed E-state index contributed by atoms with van der Waals surface area (Å²) in [6.45, 7) is 2.00. The Bertz CT molecular complexity index is 493. The largest absolute Gasteiger partial charge is 0.396 e. The zero-order valence-corrected chi connectivity index (χ0v) is 9.63. The number of aliphatic hydroxyl groups is 1. The second-order valence-electron chi connectivity index (χ2n) is 4.36. The van der Waals surface area contributed by atoms with Gasteiger partial charge in [0.2, 0.25) is 0 Å². The number of hydrogen-bond donors (Lipinski definition) is 2. The van der Waals surface area contributed by atoms with Crippen LogP contribution >= 0.6 is 0 Å². The summed E-state index contributed by atoms with van der Waals surface area (Å²) in [6.07, 6.45) is 2.47. The van der Waals surface area contributed by atoms with Crippen LogP contribution < -0.4 is 11.2 Å². The average Bonchev–Trinajstić information content (AvgIpc) is 2.60. The summed E-state index contributed by atoms with van der Waals surface area (Å²) in [5.41, 5.74) is -0.893. The zero-order valence-electron chi connectivity index (χ0n) is 9.63. The van der Waals surface area contributed by atoms with Gasteiger partial charge in [0.15, 0.2) is 0 Å². The van der Waals surface area contributed by atoms with E-state index < -0.39 is 17.5 Å². The first-order chi connectivity index (χ1) is 8.11. The van der Waals surface area contributed by atoms with E-state index in [4.69, 9.17) is 9.84 Å². The smallest absolute Gasteiger partial charge is 0.330 e. The molecule has 0 spiro atoms. The van der Waals surface area contributed by atoms with Crippen molar-refractivity contribution in [2.75, 3.05) is 6.61 Å². The van der Waals surface area contributed by atoms with Crippen LogP contribution in [0.5, 0.6) is 0 Å². The van der Waals surface area contributed by atoms with Crippen LogP contribution in [0, 0.1) is 5.92 Å². The van der Waals surface area contributed by atoms with Gasteiger partial charge in [-0.2, -0.15) is 0 Å². The molecule has 2 unspecified atom stereocenters. The first kappa shape index (κ1) is 12.1. The van der Waals surface area contributed by atoms with Gasteiger partial charge in [-0.05, 0) is 19.8 Å². The molecular weight excluding hydrogens is 224 g/mol. The summed E-state index contributed by atoms with van der Waals surface area (Å²) in [7, 11) is 0. The van der Waals surface area contributed by atoms with E-state index in [0.717, 1.165) is 6.42 Å². The molecule has 3 atom stereocenters. The standard InChI is InChI=1S/C11H16N2O4/c1-7-6-8(3-5-14)10(17-7)13-4-2-9(15)12-11(13)16/h2,4,7-8,10,14H,3,5-6H2,1H3,(H,12,15,16)/t7?,8-,10?/m0/s1. The minimum atomic E-state index is -0.473. The van der Waals surface area contributed by atoms with Crippen molar-refractivity contribution < 1.29 is 9.84 Å². The van der Waals surface area contributed by atoms with Crippen molar-refractivity contribution in [3.8, 4) is 0 Å². The summed E-state index contributed by atoms with van der Waals surface area (Å²) in [5.74, 6) is 0.0959. The van der Waals surface area contributed by atoms with E-state index in [1.165, 1.54) is 16.8 Å². The van der Waals surface area contributed by atoms with E-state index in [1.54, 1.807) is 0 Å². The summed E-state index contributed by atoms with van der Waals surface area (Å²) in [6, 6.07) is 1.30. The number of aromatic nitrogens is 2. The minimum Gasteiger partial charge on any atom is -0.396 e. The van der Waals surface area contributed by atoms with Crippen LogP contribution in [0.4, 0.5) is 0 Å². The second-order valence-corrected chi connectivity index (χ2v) is 4.36. The van der Waals surface area contributed by atoms with E-state index in [-0.39, 0.29) is 18.6 Å². The molecule has 0 saturated carbocycles. The first-order valence-electron chi connectivity index (χ1n) is 5.69. The Morgan fingerprint density at radius 3 is 3.00 bits per heavy atom. The van der Waals surface area contributed by atoms with Crippen LogP contribution in [0.25, 0.3) is 0 Å². The van der Waals surface area contributed by atoms with Gasteiger partial charge in [0.05, 0.1) is 6.10 Å². The lowest BCUT2D eigenvalue weighted by molar-refractivity contribution is -0.0115. The first-order valence-corrected chi connectivity index (χ1v) is 5.69. The summed E-state index contributed by atoms with van der Waals surface area (Å²) >= 11 is 0. The highest BCUT2D eigenvalue weighted by molar-refractivity contribution is 4.88. The van der Waals surface area contributed by atoms with Crippen molar-refractivity contribution in [3.05, 3.63) is 33.1 Å². The molecule has 6 heteroatoms. The van der Waals surface area contributed by atoms with Gasteiger partial charge in [-0.1, -0.05) is 0 Å². The number of nitrogens with one attached hydrogen (secondary N) is 1. The molecule has 1 aromatic rings. The molecular formula is C11H16N2O4. The Kier molecular flexibility index (Phi) is 3.44. The minimum absolute atomic E-state index is 0.0513. The lowest BCUT2D eigenvalue weighted by Gasteiger charge is -2.19. The number of nitrogens with zero attached hydrogens (tertiary/aromatic N) is 1. The molecule has 2 rings (SSSR count). The number of hydrogen-bond acceptors (Lipinski definition) is 4. The van der Waals surface area contributed by atoms with Gasteiger partial charge >= 0.3 is 5.69 Å². The van der Waals surface area contributed by atoms with Gasteiger partial charge in [-0.3, -0.25) is 14.3 Å². The van der Waals surface area contributed by atoms with Crippen LogP contribution in [-0.2, 0) is 4.74 Å². The molecule has 0 aliphatic carbocycles. The Morgan fingerprint density at radius 1 is 1.59 bits per heavy atom. The Morgan fingerprint density at radius 2 is 2.35 bits per heavy atom. The van der Waals surface area contributed by atoms with Crippen molar-refractivity contribution in [3.63, 3.8) is 0 Å². The van der Waals surface area contributed by atoms with Gasteiger partial charge in [-0.25, -0.2) is 4.79 Å². The number of rotatable bonds is 3. The third kappa shape index (κ3) is 2.48. The van der Waals surface area contributed by atoms with E-state index in [9.17, 15) is 9.59 Å². The van der Waals surface area contributed by atoms with Gasteiger partial charge in [0.25, 0.3) is 5.56 Å². The zero-order chi connectivity index (χ0) is 12.4. The van der Waals surface area contributed by atoms with Gasteiger partial charge < -0.3 is 9.84 Å². The monoisotopic (exact) mass is 240 g/mol. The highest BCUT2D eigenvalue weighted by atomic mass is 16.5. The number of ether oxygens (including phenoxy) is 1. The third-order valence-corrected chi connectivity index (χ3v) is 3.03. The molecule has 94 valence electrons. The number of aromatic amines is 1. The average molecular weight is 240 g/mol. The lowest BCUT2D eigenvalue weighted by Crippen LogP contribution is -2.33. The highest BCUT2D eigenvalue weighted by Gasteiger charge is 2.34. The topological polar surface area (TPSA) is 84.3 Å². The highest BCUT2D eigenvalue weighted by Crippen LogP contribution is 2.35. The fourth-order valence-electron chi connectivity index (χ4n) is 2.29. The van der Waals surface area contributed by atoms with Crippen LogP contribution in [-0.4, -0.2) is 27.4 Å². The normalized spacial score (nSPS) is 28.5. The maximum Gasteiger partial charge on any atom is 0.330 e. The molecule has 1 aliphatic rings. The number of H-pyrrole nitrogens is 1. The Labute approximate surface area is 97.9 Å². The van der Waals surface area contributed by atoms with Gasteiger partial charge in [-0.15, -0.1) is 0 Å². The summed E-state index contributed by atoms with van der Waals surface area (Å²) < 4.78 is 7.04. The second kappa shape index (κ2) is 4.85. The van der Waals surface area contributed by atoms with Crippen LogP contribution in [0.3, 0.4) is 0 Å². The van der Waals surface area contributed by atoms with E-state index in [2.05, 4.69) is 4.98 Å². The SMILES string of the molecule is CC1C[C@H](CCO)C(n2ccc(=O)[nH]c2=O)O1. The molecule has 0 bridgehead atoms. The van der Waals surface area contributed by atoms with Crippen molar-refractivity contribution in [1.82, 2.24) is 9.55 Å². The third-order valence-electron chi connectivity index (χ3n) is 3.03. The molecule has 6 nitrogen and oxygen atoms in total. The van der Waals surface area contributed by atoms with Crippen LogP contribution in [0.15, 0.2) is 21.9 Å². The maximum absolute atomic E-state index is 11.6. The van der Waals surface area contributed by atoms with E-state index in [1.807, 2.05) is 6.92 Å². The molecule has 1 aromatic heterocycles. The maximum atomic E-state index is 11.6. The van der Waals surface area contributed by atoms with Crippen LogP contribution in [0.2, 0.25) is 0 Å². The van der Waals surface area contributed by atoms with Crippen LogP contribution in [0.1, 0.15) is 26.0 Å². The molecule has 1 aliphatic heterocycles. The quantitative estimate of drug-likeness (QED) is 0.769. The molecule has 0 amide bonds. The van der Waals surface area contributed by atoms with Crippen molar-refractivity contribution in [2.24, 2.45) is 5.92 Å². The molecule has 1 fully saturated rings.